The topological polar surface area (TPSA) is 37.3 Å². The molecule has 0 saturated heterocycles. The smallest absolute Gasteiger partial charge is 0.310 e. The fourth-order valence-electron chi connectivity index (χ4n) is 1.68. The summed E-state index contributed by atoms with van der Waals surface area (Å²) in [5.74, 6) is -1.07. The number of rotatable bonds is 4. The normalized spacial score (nSPS) is 12.4. The zero-order chi connectivity index (χ0) is 10.6. The van der Waals surface area contributed by atoms with Gasteiger partial charge in [-0.2, -0.15) is 0 Å². The van der Waals surface area contributed by atoms with E-state index in [0.717, 1.165) is 17.5 Å². The minimum atomic E-state index is -0.721. The molecule has 1 atom stereocenters. The van der Waals surface area contributed by atoms with Crippen LogP contribution < -0.4 is 0 Å². The van der Waals surface area contributed by atoms with Crippen molar-refractivity contribution in [1.29, 1.82) is 0 Å². The highest BCUT2D eigenvalue weighted by Gasteiger charge is 2.19. The van der Waals surface area contributed by atoms with E-state index >= 15 is 0 Å². The Balaban J connectivity index is 2.99. The van der Waals surface area contributed by atoms with Crippen molar-refractivity contribution in [2.24, 2.45) is 0 Å². The van der Waals surface area contributed by atoms with Crippen molar-refractivity contribution in [3.05, 3.63) is 35.4 Å². The summed E-state index contributed by atoms with van der Waals surface area (Å²) in [7, 11) is 0. The van der Waals surface area contributed by atoms with Crippen LogP contribution in [0.3, 0.4) is 0 Å². The van der Waals surface area contributed by atoms with E-state index < -0.39 is 5.97 Å². The van der Waals surface area contributed by atoms with E-state index in [2.05, 4.69) is 0 Å². The fraction of sp³-hybridized carbons (Fsp3) is 0.417. The first kappa shape index (κ1) is 10.8. The molecule has 1 aromatic carbocycles. The van der Waals surface area contributed by atoms with Gasteiger partial charge in [0, 0.05) is 0 Å². The van der Waals surface area contributed by atoms with E-state index in [1.165, 1.54) is 0 Å². The van der Waals surface area contributed by atoms with Crippen molar-refractivity contribution >= 4 is 5.97 Å². The molecule has 1 rings (SSSR count). The molecular weight excluding hydrogens is 176 g/mol. The van der Waals surface area contributed by atoms with E-state index in [9.17, 15) is 4.79 Å². The SMILES string of the molecule is CCCC(C(=O)O)c1ccccc1C. The summed E-state index contributed by atoms with van der Waals surface area (Å²) in [4.78, 5) is 11.0. The number of benzene rings is 1. The maximum Gasteiger partial charge on any atom is 0.310 e. The molecular formula is C12H16O2. The van der Waals surface area contributed by atoms with Gasteiger partial charge in [0.15, 0.2) is 0 Å². The summed E-state index contributed by atoms with van der Waals surface area (Å²) in [6, 6.07) is 7.70. The lowest BCUT2D eigenvalue weighted by Gasteiger charge is -2.13. The summed E-state index contributed by atoms with van der Waals surface area (Å²) < 4.78 is 0. The Morgan fingerprint density at radius 2 is 2.07 bits per heavy atom. The van der Waals surface area contributed by atoms with Gasteiger partial charge in [0.05, 0.1) is 5.92 Å². The predicted molar refractivity (Wildman–Crippen MR) is 56.5 cm³/mol. The van der Waals surface area contributed by atoms with Crippen LogP contribution in [-0.2, 0) is 4.79 Å². The molecule has 0 aliphatic rings. The molecule has 0 bridgehead atoms. The Bertz CT molecular complexity index is 318. The molecule has 0 fully saturated rings. The molecule has 1 N–H and O–H groups in total. The lowest BCUT2D eigenvalue weighted by molar-refractivity contribution is -0.139. The van der Waals surface area contributed by atoms with Gasteiger partial charge in [0.2, 0.25) is 0 Å². The monoisotopic (exact) mass is 192 g/mol. The first-order chi connectivity index (χ1) is 6.66. The van der Waals surface area contributed by atoms with E-state index in [1.807, 2.05) is 38.1 Å². The van der Waals surface area contributed by atoms with Crippen LogP contribution in [-0.4, -0.2) is 11.1 Å². The second-order valence-corrected chi connectivity index (χ2v) is 3.54. The predicted octanol–water partition coefficient (Wildman–Crippen LogP) is 2.96. The van der Waals surface area contributed by atoms with Crippen molar-refractivity contribution in [3.8, 4) is 0 Å². The van der Waals surface area contributed by atoms with Crippen LogP contribution in [0, 0.1) is 6.92 Å². The highest BCUT2D eigenvalue weighted by molar-refractivity contribution is 5.76. The van der Waals surface area contributed by atoms with Crippen molar-refractivity contribution in [1.82, 2.24) is 0 Å². The Kier molecular flexibility index (Phi) is 3.69. The van der Waals surface area contributed by atoms with E-state index in [-0.39, 0.29) is 5.92 Å². The molecule has 0 aliphatic heterocycles. The number of carboxylic acids is 1. The second-order valence-electron chi connectivity index (χ2n) is 3.54. The van der Waals surface area contributed by atoms with Crippen LogP contribution in [0.15, 0.2) is 24.3 Å². The maximum atomic E-state index is 11.0. The van der Waals surface area contributed by atoms with E-state index in [0.29, 0.717) is 6.42 Å². The van der Waals surface area contributed by atoms with Crippen molar-refractivity contribution < 1.29 is 9.90 Å². The zero-order valence-corrected chi connectivity index (χ0v) is 8.66. The Hall–Kier alpha value is -1.31. The molecule has 0 spiro atoms. The molecule has 0 saturated carbocycles. The standard InChI is InChI=1S/C12H16O2/c1-3-6-11(12(13)14)10-8-5-4-7-9(10)2/h4-5,7-8,11H,3,6H2,1-2H3,(H,13,14). The van der Waals surface area contributed by atoms with Gasteiger partial charge in [-0.15, -0.1) is 0 Å². The number of aryl methyl sites for hydroxylation is 1. The van der Waals surface area contributed by atoms with Crippen LogP contribution in [0.25, 0.3) is 0 Å². The summed E-state index contributed by atoms with van der Waals surface area (Å²) in [5.41, 5.74) is 2.01. The van der Waals surface area contributed by atoms with Crippen LogP contribution >= 0.6 is 0 Å². The van der Waals surface area contributed by atoms with Crippen molar-refractivity contribution in [2.75, 3.05) is 0 Å². The summed E-state index contributed by atoms with van der Waals surface area (Å²) in [6.45, 7) is 3.97. The van der Waals surface area contributed by atoms with Gasteiger partial charge in [0.25, 0.3) is 0 Å². The highest BCUT2D eigenvalue weighted by atomic mass is 16.4. The highest BCUT2D eigenvalue weighted by Crippen LogP contribution is 2.24. The van der Waals surface area contributed by atoms with Gasteiger partial charge in [-0.05, 0) is 24.5 Å². The number of carboxylic acid groups (broad SMARTS) is 1. The number of carbonyl (C=O) groups is 1. The Morgan fingerprint density at radius 1 is 1.43 bits per heavy atom. The van der Waals surface area contributed by atoms with Crippen LogP contribution in [0.5, 0.6) is 0 Å². The molecule has 0 radical (unpaired) electrons. The molecule has 0 heterocycles. The van der Waals surface area contributed by atoms with Gasteiger partial charge in [-0.3, -0.25) is 4.79 Å². The molecule has 0 aromatic heterocycles. The van der Waals surface area contributed by atoms with Crippen LogP contribution in [0.1, 0.15) is 36.8 Å². The maximum absolute atomic E-state index is 11.0. The fourth-order valence-corrected chi connectivity index (χ4v) is 1.68. The quantitative estimate of drug-likeness (QED) is 0.796. The van der Waals surface area contributed by atoms with Crippen molar-refractivity contribution in [2.45, 2.75) is 32.6 Å². The number of aliphatic carboxylic acids is 1. The molecule has 1 unspecified atom stereocenters. The van der Waals surface area contributed by atoms with E-state index in [1.54, 1.807) is 0 Å². The average Bonchev–Trinajstić information content (AvgIpc) is 2.15. The summed E-state index contributed by atoms with van der Waals surface area (Å²) in [5, 5.41) is 9.08. The molecule has 14 heavy (non-hydrogen) atoms. The van der Waals surface area contributed by atoms with Gasteiger partial charge in [0.1, 0.15) is 0 Å². The van der Waals surface area contributed by atoms with Gasteiger partial charge in [-0.1, -0.05) is 37.6 Å². The molecule has 1 aromatic rings. The first-order valence-corrected chi connectivity index (χ1v) is 4.95. The number of hydrogen-bond acceptors (Lipinski definition) is 1. The third kappa shape index (κ3) is 2.34. The number of hydrogen-bond donors (Lipinski definition) is 1. The Labute approximate surface area is 84.6 Å². The third-order valence-corrected chi connectivity index (χ3v) is 2.44. The molecule has 0 amide bonds. The van der Waals surface area contributed by atoms with Gasteiger partial charge < -0.3 is 5.11 Å². The van der Waals surface area contributed by atoms with Gasteiger partial charge >= 0.3 is 5.97 Å². The van der Waals surface area contributed by atoms with Gasteiger partial charge in [-0.25, -0.2) is 0 Å². The van der Waals surface area contributed by atoms with Crippen LogP contribution in [0.4, 0.5) is 0 Å². The van der Waals surface area contributed by atoms with E-state index in [4.69, 9.17) is 5.11 Å². The summed E-state index contributed by atoms with van der Waals surface area (Å²) >= 11 is 0. The van der Waals surface area contributed by atoms with Crippen molar-refractivity contribution in [3.63, 3.8) is 0 Å². The molecule has 0 aliphatic carbocycles. The molecule has 76 valence electrons. The lowest BCUT2D eigenvalue weighted by Crippen LogP contribution is -2.12. The summed E-state index contributed by atoms with van der Waals surface area (Å²) in [6.07, 6.45) is 1.60. The second kappa shape index (κ2) is 4.80. The molecule has 2 heteroatoms. The minimum Gasteiger partial charge on any atom is -0.481 e. The first-order valence-electron chi connectivity index (χ1n) is 4.95. The zero-order valence-electron chi connectivity index (χ0n) is 8.66. The lowest BCUT2D eigenvalue weighted by atomic mass is 9.91. The third-order valence-electron chi connectivity index (χ3n) is 2.44. The Morgan fingerprint density at radius 3 is 2.57 bits per heavy atom. The minimum absolute atomic E-state index is 0.346. The average molecular weight is 192 g/mol. The largest absolute Gasteiger partial charge is 0.481 e. The van der Waals surface area contributed by atoms with Crippen LogP contribution in [0.2, 0.25) is 0 Å². The molecule has 2 nitrogen and oxygen atoms in total.